The van der Waals surface area contributed by atoms with E-state index in [0.29, 0.717) is 17.8 Å². The Labute approximate surface area is 103 Å². The minimum absolute atomic E-state index is 0.0225. The van der Waals surface area contributed by atoms with E-state index >= 15 is 0 Å². The average Bonchev–Trinajstić information content (AvgIpc) is 2.34. The Kier molecular flexibility index (Phi) is 3.23. The molecule has 0 fully saturated rings. The zero-order valence-corrected chi connectivity index (χ0v) is 10.1. The van der Waals surface area contributed by atoms with Gasteiger partial charge in [0.25, 0.3) is 5.56 Å². The van der Waals surface area contributed by atoms with Gasteiger partial charge in [-0.15, -0.1) is 0 Å². The maximum atomic E-state index is 13.9. The Morgan fingerprint density at radius 3 is 2.72 bits per heavy atom. The minimum atomic E-state index is -0.724. The first-order valence-electron chi connectivity index (χ1n) is 5.58. The van der Waals surface area contributed by atoms with Crippen LogP contribution >= 0.6 is 0 Å². The van der Waals surface area contributed by atoms with Crippen LogP contribution in [0.15, 0.2) is 23.0 Å². The SMILES string of the molecule is CCc1nc(-c2c(F)ccc(C)c2F)cc(=O)[nH]1. The Balaban J connectivity index is 2.73. The summed E-state index contributed by atoms with van der Waals surface area (Å²) in [5.74, 6) is -1.01. The van der Waals surface area contributed by atoms with E-state index < -0.39 is 17.2 Å². The fraction of sp³-hybridized carbons (Fsp3) is 0.231. The molecule has 2 rings (SSSR count). The molecule has 0 aliphatic heterocycles. The zero-order chi connectivity index (χ0) is 13.3. The van der Waals surface area contributed by atoms with E-state index in [0.717, 1.165) is 6.07 Å². The van der Waals surface area contributed by atoms with Crippen LogP contribution in [-0.4, -0.2) is 9.97 Å². The van der Waals surface area contributed by atoms with Gasteiger partial charge in [-0.25, -0.2) is 13.8 Å². The molecule has 1 aromatic heterocycles. The van der Waals surface area contributed by atoms with Crippen LogP contribution in [0, 0.1) is 18.6 Å². The van der Waals surface area contributed by atoms with E-state index in [1.165, 1.54) is 19.1 Å². The van der Waals surface area contributed by atoms with Gasteiger partial charge in [0, 0.05) is 12.5 Å². The van der Waals surface area contributed by atoms with E-state index in [9.17, 15) is 13.6 Å². The predicted octanol–water partition coefficient (Wildman–Crippen LogP) is 2.59. The molecular formula is C13H12F2N2O. The Hall–Kier alpha value is -2.04. The highest BCUT2D eigenvalue weighted by atomic mass is 19.1. The molecule has 2 aromatic rings. The molecule has 1 N–H and O–H groups in total. The molecule has 18 heavy (non-hydrogen) atoms. The summed E-state index contributed by atoms with van der Waals surface area (Å²) in [6.45, 7) is 3.33. The van der Waals surface area contributed by atoms with Crippen molar-refractivity contribution in [2.75, 3.05) is 0 Å². The molecule has 0 bridgehead atoms. The Morgan fingerprint density at radius 2 is 2.06 bits per heavy atom. The Bertz CT molecular complexity index is 650. The highest BCUT2D eigenvalue weighted by molar-refractivity contribution is 5.61. The van der Waals surface area contributed by atoms with Crippen molar-refractivity contribution in [2.45, 2.75) is 20.3 Å². The number of aromatic amines is 1. The fourth-order valence-corrected chi connectivity index (χ4v) is 1.70. The van der Waals surface area contributed by atoms with Gasteiger partial charge >= 0.3 is 0 Å². The molecule has 5 heteroatoms. The van der Waals surface area contributed by atoms with Gasteiger partial charge in [0.2, 0.25) is 0 Å². The first-order chi connectivity index (χ1) is 8.52. The van der Waals surface area contributed by atoms with Gasteiger partial charge in [0.05, 0.1) is 11.3 Å². The smallest absolute Gasteiger partial charge is 0.251 e. The normalized spacial score (nSPS) is 10.7. The number of nitrogens with zero attached hydrogens (tertiary/aromatic N) is 1. The fourth-order valence-electron chi connectivity index (χ4n) is 1.70. The molecule has 94 valence electrons. The van der Waals surface area contributed by atoms with E-state index in [1.807, 2.05) is 0 Å². The molecule has 3 nitrogen and oxygen atoms in total. The average molecular weight is 250 g/mol. The first kappa shape index (κ1) is 12.4. The maximum Gasteiger partial charge on any atom is 0.251 e. The van der Waals surface area contributed by atoms with Crippen molar-refractivity contribution in [3.63, 3.8) is 0 Å². The molecule has 0 atom stereocenters. The van der Waals surface area contributed by atoms with Crippen LogP contribution in [0.2, 0.25) is 0 Å². The number of hydrogen-bond acceptors (Lipinski definition) is 2. The van der Waals surface area contributed by atoms with E-state index in [1.54, 1.807) is 6.92 Å². The summed E-state index contributed by atoms with van der Waals surface area (Å²) in [7, 11) is 0. The van der Waals surface area contributed by atoms with Crippen LogP contribution < -0.4 is 5.56 Å². The highest BCUT2D eigenvalue weighted by Crippen LogP contribution is 2.25. The molecule has 0 aliphatic rings. The van der Waals surface area contributed by atoms with E-state index in [4.69, 9.17) is 0 Å². The lowest BCUT2D eigenvalue weighted by atomic mass is 10.1. The van der Waals surface area contributed by atoms with Gasteiger partial charge in [-0.05, 0) is 18.6 Å². The molecule has 1 heterocycles. The van der Waals surface area contributed by atoms with Crippen LogP contribution in [-0.2, 0) is 6.42 Å². The molecule has 0 saturated heterocycles. The summed E-state index contributed by atoms with van der Waals surface area (Å²) in [4.78, 5) is 18.0. The third-order valence-electron chi connectivity index (χ3n) is 2.67. The highest BCUT2D eigenvalue weighted by Gasteiger charge is 2.15. The van der Waals surface area contributed by atoms with Crippen LogP contribution in [0.1, 0.15) is 18.3 Å². The molecule has 0 unspecified atom stereocenters. The molecule has 0 radical (unpaired) electrons. The van der Waals surface area contributed by atoms with Crippen LogP contribution in [0.3, 0.4) is 0 Å². The monoisotopic (exact) mass is 250 g/mol. The number of benzene rings is 1. The number of halogens is 2. The molecule has 0 aliphatic carbocycles. The van der Waals surface area contributed by atoms with Crippen molar-refractivity contribution >= 4 is 0 Å². The standard InChI is InChI=1S/C13H12F2N2O/c1-3-10-16-9(6-11(18)17-10)12-8(14)5-4-7(2)13(12)15/h4-6H,3H2,1-2H3,(H,16,17,18). The van der Waals surface area contributed by atoms with E-state index in [-0.39, 0.29) is 11.3 Å². The van der Waals surface area contributed by atoms with Gasteiger partial charge in [-0.3, -0.25) is 4.79 Å². The van der Waals surface area contributed by atoms with Crippen molar-refractivity contribution in [2.24, 2.45) is 0 Å². The van der Waals surface area contributed by atoms with Gasteiger partial charge in [-0.2, -0.15) is 0 Å². The topological polar surface area (TPSA) is 45.8 Å². The summed E-state index contributed by atoms with van der Waals surface area (Å²) in [6, 6.07) is 3.62. The molecule has 0 saturated carbocycles. The van der Waals surface area contributed by atoms with Crippen LogP contribution in [0.25, 0.3) is 11.3 Å². The molecule has 0 spiro atoms. The summed E-state index contributed by atoms with van der Waals surface area (Å²) in [5.41, 5.74) is -0.339. The number of H-pyrrole nitrogens is 1. The second-order valence-corrected chi connectivity index (χ2v) is 3.98. The van der Waals surface area contributed by atoms with Crippen molar-refractivity contribution in [3.8, 4) is 11.3 Å². The van der Waals surface area contributed by atoms with Gasteiger partial charge < -0.3 is 4.98 Å². The maximum absolute atomic E-state index is 13.9. The zero-order valence-electron chi connectivity index (χ0n) is 10.1. The third-order valence-corrected chi connectivity index (χ3v) is 2.67. The minimum Gasteiger partial charge on any atom is -0.311 e. The summed E-state index contributed by atoms with van der Waals surface area (Å²) in [6.07, 6.45) is 0.484. The lowest BCUT2D eigenvalue weighted by Gasteiger charge is -2.07. The van der Waals surface area contributed by atoms with Crippen molar-refractivity contribution in [1.29, 1.82) is 0 Å². The first-order valence-corrected chi connectivity index (χ1v) is 5.58. The summed E-state index contributed by atoms with van der Waals surface area (Å²) < 4.78 is 27.6. The lowest BCUT2D eigenvalue weighted by molar-refractivity contribution is 0.582. The van der Waals surface area contributed by atoms with Crippen molar-refractivity contribution in [3.05, 3.63) is 51.6 Å². The Morgan fingerprint density at radius 1 is 1.33 bits per heavy atom. The number of nitrogens with one attached hydrogen (secondary N) is 1. The summed E-state index contributed by atoms with van der Waals surface area (Å²) in [5, 5.41) is 0. The largest absolute Gasteiger partial charge is 0.311 e. The van der Waals surface area contributed by atoms with Crippen molar-refractivity contribution < 1.29 is 8.78 Å². The number of hydrogen-bond donors (Lipinski definition) is 1. The third kappa shape index (κ3) is 2.16. The van der Waals surface area contributed by atoms with Crippen LogP contribution in [0.4, 0.5) is 8.78 Å². The van der Waals surface area contributed by atoms with E-state index in [2.05, 4.69) is 9.97 Å². The number of rotatable bonds is 2. The quantitative estimate of drug-likeness (QED) is 0.890. The van der Waals surface area contributed by atoms with Gasteiger partial charge in [-0.1, -0.05) is 13.0 Å². The predicted molar refractivity (Wildman–Crippen MR) is 64.3 cm³/mol. The second-order valence-electron chi connectivity index (χ2n) is 3.98. The lowest BCUT2D eigenvalue weighted by Crippen LogP contribution is -2.11. The van der Waals surface area contributed by atoms with Crippen molar-refractivity contribution in [1.82, 2.24) is 9.97 Å². The van der Waals surface area contributed by atoms with Gasteiger partial charge in [0.1, 0.15) is 17.5 Å². The molecule has 1 aromatic carbocycles. The summed E-state index contributed by atoms with van der Waals surface area (Å²) >= 11 is 0. The molecule has 0 amide bonds. The number of aryl methyl sites for hydroxylation is 2. The van der Waals surface area contributed by atoms with Gasteiger partial charge in [0.15, 0.2) is 0 Å². The number of aromatic nitrogens is 2. The molecular weight excluding hydrogens is 238 g/mol. The van der Waals surface area contributed by atoms with Crippen LogP contribution in [0.5, 0.6) is 0 Å². The second kappa shape index (κ2) is 4.68.